The fraction of sp³-hybridized carbons (Fsp3) is 0.619. The minimum atomic E-state index is -4.31. The lowest BCUT2D eigenvalue weighted by Gasteiger charge is -2.46. The smallest absolute Gasteiger partial charge is 0.416 e. The molecule has 1 aromatic carbocycles. The van der Waals surface area contributed by atoms with E-state index in [1.54, 1.807) is 0 Å². The molecule has 3 rings (SSSR count). The fourth-order valence-corrected chi connectivity index (χ4v) is 5.10. The number of hydrogen-bond acceptors (Lipinski definition) is 3. The Bertz CT molecular complexity index is 670. The second-order valence-electron chi connectivity index (χ2n) is 8.12. The Balaban J connectivity index is 1.65. The van der Waals surface area contributed by atoms with Crippen LogP contribution in [-0.4, -0.2) is 24.5 Å². The summed E-state index contributed by atoms with van der Waals surface area (Å²) in [6.07, 6.45) is 4.78. The van der Waals surface area contributed by atoms with E-state index >= 15 is 0 Å². The maximum atomic E-state index is 13.2. The van der Waals surface area contributed by atoms with Crippen molar-refractivity contribution in [3.63, 3.8) is 0 Å². The average molecular weight is 400 g/mol. The number of nitrogens with zero attached hydrogens (tertiary/aromatic N) is 1. The molecule has 1 saturated carbocycles. The highest BCUT2D eigenvalue weighted by Crippen LogP contribution is 2.48. The fourth-order valence-electron chi connectivity index (χ4n) is 4.61. The molecule has 27 heavy (non-hydrogen) atoms. The second-order valence-corrected chi connectivity index (χ2v) is 9.00. The standard InChI is InChI=1S/C21H28F3NOS/c1-15(26)11-16-3-5-20(6-4-16)7-9-25(10-8-20)18-12-17(21(22,23)24)13-19(14-18)27-2/h12-14,16,26H,1,3-11H2,2H3. The van der Waals surface area contributed by atoms with Gasteiger partial charge in [0.05, 0.1) is 11.3 Å². The lowest BCUT2D eigenvalue weighted by molar-refractivity contribution is -0.137. The van der Waals surface area contributed by atoms with E-state index in [1.807, 2.05) is 12.3 Å². The first-order valence-corrected chi connectivity index (χ1v) is 10.8. The molecule has 0 radical (unpaired) electrons. The predicted octanol–water partition coefficient (Wildman–Crippen LogP) is 6.67. The maximum Gasteiger partial charge on any atom is 0.416 e. The molecule has 2 aliphatic rings. The molecular weight excluding hydrogens is 371 g/mol. The van der Waals surface area contributed by atoms with Gasteiger partial charge in [0.2, 0.25) is 0 Å². The first-order chi connectivity index (χ1) is 12.7. The zero-order chi connectivity index (χ0) is 19.7. The molecule has 2 nitrogen and oxygen atoms in total. The quantitative estimate of drug-likeness (QED) is 0.452. The Kier molecular flexibility index (Phi) is 6.04. The van der Waals surface area contributed by atoms with Crippen LogP contribution in [0.3, 0.4) is 0 Å². The molecular formula is C21H28F3NOS. The average Bonchev–Trinajstić information content (AvgIpc) is 2.63. The highest BCUT2D eigenvalue weighted by atomic mass is 32.2. The van der Waals surface area contributed by atoms with Crippen molar-refractivity contribution in [1.29, 1.82) is 0 Å². The highest BCUT2D eigenvalue weighted by molar-refractivity contribution is 7.98. The van der Waals surface area contributed by atoms with Crippen LogP contribution in [0.1, 0.15) is 50.5 Å². The Morgan fingerprint density at radius 3 is 2.33 bits per heavy atom. The number of alkyl halides is 3. The minimum absolute atomic E-state index is 0.278. The van der Waals surface area contributed by atoms with Gasteiger partial charge in [0.15, 0.2) is 0 Å². The van der Waals surface area contributed by atoms with Crippen molar-refractivity contribution in [3.05, 3.63) is 36.1 Å². The number of benzene rings is 1. The van der Waals surface area contributed by atoms with Gasteiger partial charge < -0.3 is 10.0 Å². The van der Waals surface area contributed by atoms with Crippen LogP contribution in [0.5, 0.6) is 0 Å². The lowest BCUT2D eigenvalue weighted by Crippen LogP contribution is -2.42. The Hall–Kier alpha value is -1.30. The third-order valence-electron chi connectivity index (χ3n) is 6.33. The summed E-state index contributed by atoms with van der Waals surface area (Å²) in [6.45, 7) is 5.23. The number of aliphatic hydroxyl groups is 1. The first kappa shape index (κ1) is 20.4. The van der Waals surface area contributed by atoms with Crippen molar-refractivity contribution in [2.75, 3.05) is 24.2 Å². The van der Waals surface area contributed by atoms with Crippen LogP contribution in [0.4, 0.5) is 18.9 Å². The predicted molar refractivity (Wildman–Crippen MR) is 105 cm³/mol. The topological polar surface area (TPSA) is 23.5 Å². The van der Waals surface area contributed by atoms with Gasteiger partial charge in [0, 0.05) is 30.1 Å². The Morgan fingerprint density at radius 2 is 1.81 bits per heavy atom. The van der Waals surface area contributed by atoms with Crippen molar-refractivity contribution < 1.29 is 18.3 Å². The van der Waals surface area contributed by atoms with Gasteiger partial charge >= 0.3 is 6.18 Å². The molecule has 2 fully saturated rings. The number of piperidine rings is 1. The third-order valence-corrected chi connectivity index (χ3v) is 7.04. The summed E-state index contributed by atoms with van der Waals surface area (Å²) in [5.74, 6) is 0.804. The largest absolute Gasteiger partial charge is 0.513 e. The van der Waals surface area contributed by atoms with Crippen molar-refractivity contribution >= 4 is 17.4 Å². The van der Waals surface area contributed by atoms with Gasteiger partial charge in [-0.3, -0.25) is 0 Å². The molecule has 1 N–H and O–H groups in total. The number of anilines is 1. The summed E-state index contributed by atoms with van der Waals surface area (Å²) in [5.41, 5.74) is 0.456. The van der Waals surface area contributed by atoms with Crippen LogP contribution < -0.4 is 4.90 Å². The number of halogens is 3. The maximum absolute atomic E-state index is 13.2. The van der Waals surface area contributed by atoms with E-state index in [2.05, 4.69) is 11.5 Å². The highest BCUT2D eigenvalue weighted by Gasteiger charge is 2.38. The van der Waals surface area contributed by atoms with Crippen molar-refractivity contribution in [2.24, 2.45) is 11.3 Å². The van der Waals surface area contributed by atoms with Gasteiger partial charge in [-0.25, -0.2) is 0 Å². The number of rotatable bonds is 4. The molecule has 150 valence electrons. The number of thioether (sulfide) groups is 1. The summed E-state index contributed by atoms with van der Waals surface area (Å²) in [7, 11) is 0. The normalized spacial score (nSPS) is 20.8. The van der Waals surface area contributed by atoms with E-state index in [1.165, 1.54) is 23.9 Å². The number of allylic oxidation sites excluding steroid dienone is 1. The molecule has 1 aliphatic heterocycles. The number of hydrogen-bond donors (Lipinski definition) is 1. The van der Waals surface area contributed by atoms with E-state index < -0.39 is 11.7 Å². The van der Waals surface area contributed by atoms with Gasteiger partial charge in [0.1, 0.15) is 0 Å². The molecule has 0 aromatic heterocycles. The van der Waals surface area contributed by atoms with Crippen LogP contribution in [0, 0.1) is 11.3 Å². The molecule has 0 unspecified atom stereocenters. The van der Waals surface area contributed by atoms with Crippen molar-refractivity contribution in [2.45, 2.75) is 56.0 Å². The van der Waals surface area contributed by atoms with Crippen LogP contribution in [0.2, 0.25) is 0 Å². The summed E-state index contributed by atoms with van der Waals surface area (Å²) in [5, 5.41) is 9.41. The zero-order valence-corrected chi connectivity index (χ0v) is 16.6. The van der Waals surface area contributed by atoms with Crippen molar-refractivity contribution in [1.82, 2.24) is 0 Å². The molecule has 6 heteroatoms. The minimum Gasteiger partial charge on any atom is -0.513 e. The van der Waals surface area contributed by atoms with Gasteiger partial charge in [-0.1, -0.05) is 6.58 Å². The molecule has 1 saturated heterocycles. The van der Waals surface area contributed by atoms with Gasteiger partial charge in [-0.15, -0.1) is 11.8 Å². The van der Waals surface area contributed by atoms with E-state index in [0.717, 1.165) is 51.6 Å². The van der Waals surface area contributed by atoms with E-state index in [-0.39, 0.29) is 5.76 Å². The zero-order valence-electron chi connectivity index (χ0n) is 15.8. The molecule has 0 amide bonds. The summed E-state index contributed by atoms with van der Waals surface area (Å²) in [6, 6.07) is 4.40. The third kappa shape index (κ3) is 4.95. The molecule has 1 spiro atoms. The van der Waals surface area contributed by atoms with Crippen LogP contribution in [0.15, 0.2) is 35.4 Å². The summed E-state index contributed by atoms with van der Waals surface area (Å²) in [4.78, 5) is 2.77. The molecule has 0 bridgehead atoms. The Morgan fingerprint density at radius 1 is 1.19 bits per heavy atom. The van der Waals surface area contributed by atoms with Gasteiger partial charge in [-0.2, -0.15) is 13.2 Å². The first-order valence-electron chi connectivity index (χ1n) is 9.59. The Labute approximate surface area is 163 Å². The molecule has 1 heterocycles. The summed E-state index contributed by atoms with van der Waals surface area (Å²) >= 11 is 1.35. The van der Waals surface area contributed by atoms with E-state index in [4.69, 9.17) is 0 Å². The van der Waals surface area contributed by atoms with Crippen LogP contribution >= 0.6 is 11.8 Å². The molecule has 1 aliphatic carbocycles. The van der Waals surface area contributed by atoms with Gasteiger partial charge in [-0.05, 0) is 74.3 Å². The van der Waals surface area contributed by atoms with Crippen LogP contribution in [-0.2, 0) is 6.18 Å². The lowest BCUT2D eigenvalue weighted by atomic mass is 9.65. The number of aliphatic hydroxyl groups excluding tert-OH is 1. The van der Waals surface area contributed by atoms with Crippen molar-refractivity contribution in [3.8, 4) is 0 Å². The molecule has 1 aromatic rings. The molecule has 0 atom stereocenters. The summed E-state index contributed by atoms with van der Waals surface area (Å²) < 4.78 is 39.6. The second kappa shape index (κ2) is 7.98. The van der Waals surface area contributed by atoms with Crippen LogP contribution in [0.25, 0.3) is 0 Å². The van der Waals surface area contributed by atoms with E-state index in [9.17, 15) is 18.3 Å². The van der Waals surface area contributed by atoms with Gasteiger partial charge in [0.25, 0.3) is 0 Å². The SMILES string of the molecule is C=C(O)CC1CCC2(CC1)CCN(c1cc(SC)cc(C(F)(F)F)c1)CC2. The monoisotopic (exact) mass is 399 g/mol. The van der Waals surface area contributed by atoms with E-state index in [0.29, 0.717) is 28.3 Å².